The van der Waals surface area contributed by atoms with Crippen molar-refractivity contribution in [1.82, 2.24) is 14.9 Å². The third-order valence-corrected chi connectivity index (χ3v) is 12.6. The van der Waals surface area contributed by atoms with E-state index in [-0.39, 0.29) is 24.0 Å². The summed E-state index contributed by atoms with van der Waals surface area (Å²) >= 11 is 1.70. The maximum absolute atomic E-state index is 14.0. The van der Waals surface area contributed by atoms with E-state index in [0.29, 0.717) is 37.5 Å². The fourth-order valence-electron chi connectivity index (χ4n) is 8.48. The van der Waals surface area contributed by atoms with Crippen LogP contribution in [0.5, 0.6) is 11.5 Å². The first-order valence-corrected chi connectivity index (χ1v) is 18.8. The van der Waals surface area contributed by atoms with Crippen LogP contribution in [0.1, 0.15) is 93.5 Å². The summed E-state index contributed by atoms with van der Waals surface area (Å²) in [5, 5.41) is 14.3. The Morgan fingerprint density at radius 1 is 1.02 bits per heavy atom. The van der Waals surface area contributed by atoms with E-state index in [1.807, 2.05) is 44.3 Å². The number of hydrogen-bond donors (Lipinski definition) is 1. The average molecular weight is 686 g/mol. The van der Waals surface area contributed by atoms with Crippen LogP contribution >= 0.6 is 11.3 Å². The summed E-state index contributed by atoms with van der Waals surface area (Å²) in [5.74, 6) is -0.585. The highest BCUT2D eigenvalue weighted by molar-refractivity contribution is 7.10. The molecule has 3 aromatic rings. The molecule has 10 heteroatoms. The second kappa shape index (κ2) is 13.8. The van der Waals surface area contributed by atoms with Crippen molar-refractivity contribution in [3.05, 3.63) is 46.3 Å². The minimum absolute atomic E-state index is 0.0588. The maximum Gasteiger partial charge on any atom is 0.310 e. The molecule has 5 atom stereocenters. The number of aryl methyl sites for hydroxylation is 1. The highest BCUT2D eigenvalue weighted by Crippen LogP contribution is 2.57. The Balaban J connectivity index is 1.21. The molecule has 3 fully saturated rings. The zero-order valence-electron chi connectivity index (χ0n) is 28.8. The van der Waals surface area contributed by atoms with Crippen LogP contribution in [0.15, 0.2) is 35.7 Å². The van der Waals surface area contributed by atoms with Crippen molar-refractivity contribution >= 4 is 39.9 Å². The lowest BCUT2D eigenvalue weighted by Crippen LogP contribution is -2.38. The van der Waals surface area contributed by atoms with Crippen molar-refractivity contribution in [2.24, 2.45) is 23.2 Å². The van der Waals surface area contributed by atoms with E-state index >= 15 is 0 Å². The first kappa shape index (κ1) is 33.7. The van der Waals surface area contributed by atoms with Crippen molar-refractivity contribution < 1.29 is 29.0 Å². The van der Waals surface area contributed by atoms with E-state index < -0.39 is 29.3 Å². The number of amides is 1. The third kappa shape index (κ3) is 6.60. The molecule has 4 aliphatic rings. The number of fused-ring (bicyclic) bond motifs is 3. The lowest BCUT2D eigenvalue weighted by molar-refractivity contribution is -0.147. The van der Waals surface area contributed by atoms with Gasteiger partial charge in [0.1, 0.15) is 23.4 Å². The Morgan fingerprint density at radius 3 is 2.59 bits per heavy atom. The standard InChI is InChI=1S/C39H47N3O6S/c1-23-33(47-3)15-14-27-34(19-30(40-35(23)27)31-22-49-36(41-31)24-11-7-6-8-12-24)48-26-17-28-29(18-26)37(44)42(2)16-10-5-4-9-13-25-20-39(25,38(45)46)21-32(28)43/h9,13-15,19,22,24-26,28-29H,4-8,10-12,16-18,20-21H2,1-3H3,(H,45,46)/b13-9-/t25-,26-,28-,29?,39-/m1/s1. The Bertz CT molecular complexity index is 1780. The molecule has 3 saturated carbocycles. The van der Waals surface area contributed by atoms with Gasteiger partial charge < -0.3 is 19.5 Å². The lowest BCUT2D eigenvalue weighted by Gasteiger charge is -2.25. The summed E-state index contributed by atoms with van der Waals surface area (Å²) < 4.78 is 12.5. The van der Waals surface area contributed by atoms with Crippen LogP contribution in [-0.2, 0) is 14.4 Å². The number of Topliss-reactive ketones (excluding diaryl/α,β-unsaturated/α-hetero) is 1. The molecule has 1 N–H and O–H groups in total. The Hall–Kier alpha value is -3.79. The van der Waals surface area contributed by atoms with Crippen LogP contribution in [0.3, 0.4) is 0 Å². The minimum atomic E-state index is -1.08. The summed E-state index contributed by atoms with van der Waals surface area (Å²) in [6.07, 6.45) is 13.5. The number of ketones is 1. The molecule has 49 heavy (non-hydrogen) atoms. The van der Waals surface area contributed by atoms with Crippen molar-refractivity contribution in [2.45, 2.75) is 96.0 Å². The lowest BCUT2D eigenvalue weighted by atomic mass is 9.84. The molecule has 0 spiro atoms. The highest BCUT2D eigenvalue weighted by Gasteiger charge is 2.61. The normalized spacial score (nSPS) is 28.8. The zero-order chi connectivity index (χ0) is 34.3. The number of allylic oxidation sites excluding steroid dienone is 2. The molecule has 0 saturated heterocycles. The number of carboxylic acid groups (broad SMARTS) is 1. The highest BCUT2D eigenvalue weighted by atomic mass is 32.1. The van der Waals surface area contributed by atoms with Crippen molar-refractivity contribution in [3.63, 3.8) is 0 Å². The molecule has 2 aromatic heterocycles. The fraction of sp³-hybridized carbons (Fsp3) is 0.564. The number of ether oxygens (including phenoxy) is 2. The van der Waals surface area contributed by atoms with Gasteiger partial charge in [-0.05, 0) is 76.3 Å². The Kier molecular flexibility index (Phi) is 9.52. The van der Waals surface area contributed by atoms with Gasteiger partial charge in [-0.3, -0.25) is 14.4 Å². The number of thiazole rings is 1. The number of carbonyl (C=O) groups excluding carboxylic acids is 2. The predicted molar refractivity (Wildman–Crippen MR) is 189 cm³/mol. The molecule has 3 heterocycles. The van der Waals surface area contributed by atoms with Gasteiger partial charge in [-0.15, -0.1) is 11.3 Å². The van der Waals surface area contributed by atoms with Gasteiger partial charge in [0.25, 0.3) is 0 Å². The quantitative estimate of drug-likeness (QED) is 0.262. The summed E-state index contributed by atoms with van der Waals surface area (Å²) in [7, 11) is 3.46. The van der Waals surface area contributed by atoms with Crippen molar-refractivity contribution in [1.29, 1.82) is 0 Å². The average Bonchev–Trinajstić information content (AvgIpc) is 3.40. The molecule has 1 amide bonds. The van der Waals surface area contributed by atoms with E-state index in [1.54, 1.807) is 23.3 Å². The van der Waals surface area contributed by atoms with Crippen LogP contribution in [0.2, 0.25) is 0 Å². The molecule has 260 valence electrons. The first-order valence-electron chi connectivity index (χ1n) is 18.0. The number of nitrogens with zero attached hydrogens (tertiary/aromatic N) is 3. The van der Waals surface area contributed by atoms with Crippen molar-refractivity contribution in [3.8, 4) is 22.9 Å². The van der Waals surface area contributed by atoms with Crippen LogP contribution in [0, 0.1) is 30.1 Å². The third-order valence-electron chi connectivity index (χ3n) is 11.6. The zero-order valence-corrected chi connectivity index (χ0v) is 29.6. The fourth-order valence-corrected chi connectivity index (χ4v) is 9.47. The van der Waals surface area contributed by atoms with Crippen LogP contribution in [-0.4, -0.2) is 64.4 Å². The van der Waals surface area contributed by atoms with Gasteiger partial charge in [0, 0.05) is 54.2 Å². The summed E-state index contributed by atoms with van der Waals surface area (Å²) in [5.41, 5.74) is 2.12. The number of aromatic nitrogens is 2. The molecular formula is C39H47N3O6S. The van der Waals surface area contributed by atoms with Gasteiger partial charge in [0.05, 0.1) is 40.4 Å². The van der Waals surface area contributed by atoms with E-state index in [2.05, 4.69) is 5.38 Å². The maximum atomic E-state index is 14.0. The number of methoxy groups -OCH3 is 1. The number of aliphatic carboxylic acids is 1. The van der Waals surface area contributed by atoms with E-state index in [4.69, 9.17) is 19.4 Å². The second-order valence-electron chi connectivity index (χ2n) is 14.7. The summed E-state index contributed by atoms with van der Waals surface area (Å²) in [6, 6.07) is 5.81. The number of carbonyl (C=O) groups is 3. The van der Waals surface area contributed by atoms with E-state index in [1.165, 1.54) is 32.1 Å². The Morgan fingerprint density at radius 2 is 1.82 bits per heavy atom. The second-order valence-corrected chi connectivity index (χ2v) is 15.6. The summed E-state index contributed by atoms with van der Waals surface area (Å²) in [6.45, 7) is 2.61. The molecule has 9 nitrogen and oxygen atoms in total. The van der Waals surface area contributed by atoms with Gasteiger partial charge in [-0.25, -0.2) is 9.97 Å². The van der Waals surface area contributed by atoms with E-state index in [0.717, 1.165) is 57.9 Å². The first-order chi connectivity index (χ1) is 23.7. The molecule has 0 radical (unpaired) electrons. The molecular weight excluding hydrogens is 639 g/mol. The summed E-state index contributed by atoms with van der Waals surface area (Å²) in [4.78, 5) is 52.3. The van der Waals surface area contributed by atoms with Crippen LogP contribution in [0.25, 0.3) is 22.3 Å². The van der Waals surface area contributed by atoms with Gasteiger partial charge in [-0.2, -0.15) is 0 Å². The predicted octanol–water partition coefficient (Wildman–Crippen LogP) is 7.75. The number of rotatable bonds is 6. The largest absolute Gasteiger partial charge is 0.496 e. The van der Waals surface area contributed by atoms with E-state index in [9.17, 15) is 19.5 Å². The SMILES string of the molecule is COc1ccc2c(O[C@H]3CC4C(=O)N(C)CCCC/C=C\[C@@H]5C[C@@]5(C(=O)O)CC(=O)[C@@H]4C3)cc(-c3csc(C4CCCCC4)n3)nc2c1C. The topological polar surface area (TPSA) is 119 Å². The van der Waals surface area contributed by atoms with Gasteiger partial charge in [0.15, 0.2) is 0 Å². The number of benzene rings is 1. The van der Waals surface area contributed by atoms with Crippen LogP contribution in [0.4, 0.5) is 0 Å². The van der Waals surface area contributed by atoms with Crippen molar-refractivity contribution in [2.75, 3.05) is 20.7 Å². The van der Waals surface area contributed by atoms with Gasteiger partial charge in [0.2, 0.25) is 5.91 Å². The smallest absolute Gasteiger partial charge is 0.310 e. The molecule has 7 rings (SSSR count). The molecule has 3 aliphatic carbocycles. The van der Waals surface area contributed by atoms with Gasteiger partial charge >= 0.3 is 5.97 Å². The molecule has 1 aliphatic heterocycles. The minimum Gasteiger partial charge on any atom is -0.496 e. The Labute approximate surface area is 292 Å². The number of pyridine rings is 1. The molecule has 1 unspecified atom stereocenters. The number of carboxylic acids is 1. The monoisotopic (exact) mass is 685 g/mol. The van der Waals surface area contributed by atoms with Crippen LogP contribution < -0.4 is 9.47 Å². The number of hydrogen-bond acceptors (Lipinski definition) is 8. The molecule has 0 bridgehead atoms. The van der Waals surface area contributed by atoms with Gasteiger partial charge in [-0.1, -0.05) is 31.4 Å². The molecule has 1 aromatic carbocycles.